The summed E-state index contributed by atoms with van der Waals surface area (Å²) in [5, 5.41) is 10.4. The van der Waals surface area contributed by atoms with Gasteiger partial charge in [0.25, 0.3) is 5.91 Å². The Kier molecular flexibility index (Phi) is 6.90. The van der Waals surface area contributed by atoms with Crippen molar-refractivity contribution in [1.29, 1.82) is 0 Å². The van der Waals surface area contributed by atoms with E-state index in [0.29, 0.717) is 17.8 Å². The van der Waals surface area contributed by atoms with E-state index >= 15 is 0 Å². The molecule has 0 saturated heterocycles. The van der Waals surface area contributed by atoms with Crippen LogP contribution >= 0.6 is 0 Å². The second-order valence-corrected chi connectivity index (χ2v) is 7.62. The fourth-order valence-corrected chi connectivity index (χ4v) is 3.47. The normalized spacial score (nSPS) is 10.6. The van der Waals surface area contributed by atoms with Crippen molar-refractivity contribution in [1.82, 2.24) is 25.4 Å². The molecular formula is C26H25N5O2. The van der Waals surface area contributed by atoms with Gasteiger partial charge in [-0.25, -0.2) is 4.68 Å². The van der Waals surface area contributed by atoms with E-state index in [9.17, 15) is 9.59 Å². The quantitative estimate of drug-likeness (QED) is 0.438. The lowest BCUT2D eigenvalue weighted by atomic mass is 10.0. The molecule has 2 N–H and O–H groups in total. The summed E-state index contributed by atoms with van der Waals surface area (Å²) in [6.07, 6.45) is 5.28. The van der Waals surface area contributed by atoms with Gasteiger partial charge >= 0.3 is 0 Å². The number of aryl methyl sites for hydroxylation is 1. The van der Waals surface area contributed by atoms with Gasteiger partial charge in [0, 0.05) is 43.7 Å². The lowest BCUT2D eigenvalue weighted by Crippen LogP contribution is -2.30. The smallest absolute Gasteiger partial charge is 0.255 e. The lowest BCUT2D eigenvalue weighted by molar-refractivity contribution is -0.121. The van der Waals surface area contributed by atoms with Gasteiger partial charge in [-0.3, -0.25) is 14.6 Å². The minimum absolute atomic E-state index is 0.133. The van der Waals surface area contributed by atoms with Gasteiger partial charge in [0.05, 0.1) is 11.3 Å². The maximum Gasteiger partial charge on any atom is 0.255 e. The first-order valence-electron chi connectivity index (χ1n) is 10.8. The Morgan fingerprint density at radius 3 is 2.39 bits per heavy atom. The van der Waals surface area contributed by atoms with E-state index < -0.39 is 0 Å². The topological polar surface area (TPSA) is 88.9 Å². The van der Waals surface area contributed by atoms with Crippen molar-refractivity contribution in [2.45, 2.75) is 19.9 Å². The first kappa shape index (κ1) is 22.0. The number of carbonyl (C=O) groups is 2. The first-order valence-corrected chi connectivity index (χ1v) is 10.8. The number of benzene rings is 2. The highest BCUT2D eigenvalue weighted by atomic mass is 16.2. The van der Waals surface area contributed by atoms with E-state index in [-0.39, 0.29) is 24.8 Å². The fourth-order valence-electron chi connectivity index (χ4n) is 3.47. The molecule has 0 aliphatic heterocycles. The van der Waals surface area contributed by atoms with Gasteiger partial charge in [-0.15, -0.1) is 0 Å². The Morgan fingerprint density at radius 2 is 1.64 bits per heavy atom. The van der Waals surface area contributed by atoms with Gasteiger partial charge in [-0.05, 0) is 42.3 Å². The second-order valence-electron chi connectivity index (χ2n) is 7.62. The fraction of sp³-hybridized carbons (Fsp3) is 0.154. The first-order chi connectivity index (χ1) is 16.1. The maximum atomic E-state index is 13.1. The van der Waals surface area contributed by atoms with Gasteiger partial charge in [-0.1, -0.05) is 42.5 Å². The average Bonchev–Trinajstić information content (AvgIpc) is 3.30. The highest BCUT2D eigenvalue weighted by molar-refractivity contribution is 6.00. The van der Waals surface area contributed by atoms with E-state index in [1.54, 1.807) is 23.3 Å². The molecule has 0 unspecified atom stereocenters. The summed E-state index contributed by atoms with van der Waals surface area (Å²) in [7, 11) is 0. The molecular weight excluding hydrogens is 414 g/mol. The van der Waals surface area contributed by atoms with Crippen molar-refractivity contribution in [2.24, 2.45) is 0 Å². The monoisotopic (exact) mass is 439 g/mol. The number of amides is 2. The molecule has 0 spiro atoms. The van der Waals surface area contributed by atoms with E-state index in [0.717, 1.165) is 22.4 Å². The van der Waals surface area contributed by atoms with Crippen molar-refractivity contribution in [3.63, 3.8) is 0 Å². The van der Waals surface area contributed by atoms with E-state index in [2.05, 4.69) is 15.6 Å². The summed E-state index contributed by atoms with van der Waals surface area (Å²) in [5.74, 6) is -0.399. The number of para-hydroxylation sites is 1. The number of rotatable bonds is 8. The highest BCUT2D eigenvalue weighted by Gasteiger charge is 2.19. The van der Waals surface area contributed by atoms with Crippen LogP contribution < -0.4 is 10.6 Å². The SMILES string of the molecule is Cc1ccccc1-c1nn(-c2ccccc2)cc1C(=O)NCCC(=O)NCc1ccncc1. The second kappa shape index (κ2) is 10.4. The summed E-state index contributed by atoms with van der Waals surface area (Å²) in [6.45, 7) is 2.65. The minimum Gasteiger partial charge on any atom is -0.352 e. The van der Waals surface area contributed by atoms with Crippen LogP contribution in [-0.2, 0) is 11.3 Å². The van der Waals surface area contributed by atoms with Crippen LogP contribution in [0.25, 0.3) is 16.9 Å². The lowest BCUT2D eigenvalue weighted by Gasteiger charge is -2.08. The Balaban J connectivity index is 1.45. The summed E-state index contributed by atoms with van der Waals surface area (Å²) in [5.41, 5.74) is 4.83. The molecule has 0 fully saturated rings. The Bertz CT molecular complexity index is 1240. The Hall–Kier alpha value is -4.26. The number of nitrogens with zero attached hydrogens (tertiary/aromatic N) is 3. The largest absolute Gasteiger partial charge is 0.352 e. The van der Waals surface area contributed by atoms with Crippen molar-refractivity contribution in [3.8, 4) is 16.9 Å². The van der Waals surface area contributed by atoms with Gasteiger partial charge in [0.15, 0.2) is 0 Å². The zero-order chi connectivity index (χ0) is 23.0. The van der Waals surface area contributed by atoms with Crippen LogP contribution in [0.2, 0.25) is 0 Å². The van der Waals surface area contributed by atoms with Crippen molar-refractivity contribution in [2.75, 3.05) is 6.54 Å². The number of nitrogens with one attached hydrogen (secondary N) is 2. The van der Waals surface area contributed by atoms with E-state index in [1.165, 1.54) is 0 Å². The number of pyridine rings is 1. The molecule has 0 aliphatic carbocycles. The van der Waals surface area contributed by atoms with Crippen LogP contribution in [0.15, 0.2) is 85.3 Å². The van der Waals surface area contributed by atoms with Crippen LogP contribution in [0, 0.1) is 6.92 Å². The summed E-state index contributed by atoms with van der Waals surface area (Å²) >= 11 is 0. The van der Waals surface area contributed by atoms with Crippen molar-refractivity contribution >= 4 is 11.8 Å². The zero-order valence-electron chi connectivity index (χ0n) is 18.4. The molecule has 33 heavy (non-hydrogen) atoms. The van der Waals surface area contributed by atoms with Crippen molar-refractivity contribution in [3.05, 3.63) is 102 Å². The molecule has 7 heteroatoms. The summed E-state index contributed by atoms with van der Waals surface area (Å²) in [6, 6.07) is 21.2. The highest BCUT2D eigenvalue weighted by Crippen LogP contribution is 2.26. The molecule has 2 aromatic carbocycles. The molecule has 0 aliphatic rings. The van der Waals surface area contributed by atoms with Crippen molar-refractivity contribution < 1.29 is 9.59 Å². The third-order valence-electron chi connectivity index (χ3n) is 5.26. The third-order valence-corrected chi connectivity index (χ3v) is 5.26. The molecule has 166 valence electrons. The summed E-state index contributed by atoms with van der Waals surface area (Å²) < 4.78 is 1.71. The van der Waals surface area contributed by atoms with E-state index in [4.69, 9.17) is 5.10 Å². The molecule has 0 radical (unpaired) electrons. The average molecular weight is 440 g/mol. The molecule has 2 amide bonds. The van der Waals surface area contributed by atoms with Gasteiger partial charge in [0.2, 0.25) is 5.91 Å². The number of aromatic nitrogens is 3. The van der Waals surface area contributed by atoms with E-state index in [1.807, 2.05) is 73.7 Å². The molecule has 7 nitrogen and oxygen atoms in total. The number of carbonyl (C=O) groups excluding carboxylic acids is 2. The molecule has 2 aromatic heterocycles. The van der Waals surface area contributed by atoms with Gasteiger partial charge in [-0.2, -0.15) is 5.10 Å². The predicted octanol–water partition coefficient (Wildman–Crippen LogP) is 3.68. The van der Waals surface area contributed by atoms with Gasteiger partial charge in [0.1, 0.15) is 5.69 Å². The Labute approximate surface area is 192 Å². The van der Waals surface area contributed by atoms with Crippen LogP contribution in [0.4, 0.5) is 0 Å². The minimum atomic E-state index is -0.266. The molecule has 2 heterocycles. The van der Waals surface area contributed by atoms with Crippen LogP contribution in [0.1, 0.15) is 27.9 Å². The molecule has 4 aromatic rings. The van der Waals surface area contributed by atoms with Crippen LogP contribution in [-0.4, -0.2) is 33.1 Å². The van der Waals surface area contributed by atoms with Crippen LogP contribution in [0.5, 0.6) is 0 Å². The standard InChI is InChI=1S/C26H25N5O2/c1-19-7-5-6-10-22(19)25-23(18-31(30-25)21-8-3-2-4-9-21)26(33)28-16-13-24(32)29-17-20-11-14-27-15-12-20/h2-12,14-15,18H,13,16-17H2,1H3,(H,28,33)(H,29,32). The Morgan fingerprint density at radius 1 is 0.909 bits per heavy atom. The number of hydrogen-bond acceptors (Lipinski definition) is 4. The number of hydrogen-bond donors (Lipinski definition) is 2. The third kappa shape index (κ3) is 5.51. The maximum absolute atomic E-state index is 13.1. The summed E-state index contributed by atoms with van der Waals surface area (Å²) in [4.78, 5) is 29.2. The van der Waals surface area contributed by atoms with Crippen LogP contribution in [0.3, 0.4) is 0 Å². The molecule has 4 rings (SSSR count). The van der Waals surface area contributed by atoms with Gasteiger partial charge < -0.3 is 10.6 Å². The molecule has 0 atom stereocenters. The molecule has 0 bridgehead atoms. The molecule has 0 saturated carbocycles. The predicted molar refractivity (Wildman–Crippen MR) is 127 cm³/mol. The zero-order valence-corrected chi connectivity index (χ0v) is 18.4.